The number of hydrogen-bond acceptors (Lipinski definition) is 4. The molecule has 1 fully saturated rings. The van der Waals surface area contributed by atoms with E-state index in [0.717, 1.165) is 24.1 Å². The molecule has 1 aliphatic carbocycles. The van der Waals surface area contributed by atoms with Crippen LogP contribution in [0, 0.1) is 5.92 Å². The van der Waals surface area contributed by atoms with Crippen molar-refractivity contribution in [2.45, 2.75) is 63.3 Å². The van der Waals surface area contributed by atoms with Crippen molar-refractivity contribution in [2.24, 2.45) is 5.92 Å². The first-order chi connectivity index (χ1) is 19.5. The lowest BCUT2D eigenvalue weighted by molar-refractivity contribution is -0.143. The van der Waals surface area contributed by atoms with Gasteiger partial charge in [0.1, 0.15) is 0 Å². The molecular weight excluding hydrogens is 587 g/mol. The second kappa shape index (κ2) is 11.2. The van der Waals surface area contributed by atoms with Crippen molar-refractivity contribution in [3.8, 4) is 0 Å². The van der Waals surface area contributed by atoms with Crippen LogP contribution in [0.5, 0.6) is 0 Å². The van der Waals surface area contributed by atoms with Gasteiger partial charge in [0, 0.05) is 12.6 Å². The average Bonchev–Trinajstić information content (AvgIpc) is 3.74. The van der Waals surface area contributed by atoms with Crippen molar-refractivity contribution >= 4 is 17.9 Å². The van der Waals surface area contributed by atoms with Crippen molar-refractivity contribution < 1.29 is 58.6 Å². The van der Waals surface area contributed by atoms with Crippen LogP contribution < -0.4 is 4.90 Å². The summed E-state index contributed by atoms with van der Waals surface area (Å²) in [4.78, 5) is 28.0. The predicted octanol–water partition coefficient (Wildman–Crippen LogP) is 8.20. The topological polar surface area (TPSA) is 59.1 Å². The molecule has 6 nitrogen and oxygen atoms in total. The van der Waals surface area contributed by atoms with Gasteiger partial charge < -0.3 is 9.47 Å². The fourth-order valence-corrected chi connectivity index (χ4v) is 5.19. The maximum atomic E-state index is 13.7. The van der Waals surface area contributed by atoms with Crippen LogP contribution in [0.1, 0.15) is 60.0 Å². The van der Waals surface area contributed by atoms with Crippen LogP contribution in [0.3, 0.4) is 0 Å². The zero-order valence-electron chi connectivity index (χ0n) is 22.2. The van der Waals surface area contributed by atoms with E-state index in [2.05, 4.69) is 0 Å². The van der Waals surface area contributed by atoms with E-state index in [1.807, 2.05) is 0 Å². The SMILES string of the molecule is CCOC(=O)N1c2ccc(C(F)(F)F)cc2[C@@H](N(Cc2cc(C(F)(F)F)cc(C(F)(F)F)c2)C(=O)OC)C[C@H]1C1CC1. The smallest absolute Gasteiger partial charge is 0.416 e. The molecule has 2 aromatic carbocycles. The van der Waals surface area contributed by atoms with Gasteiger partial charge in [-0.15, -0.1) is 0 Å². The number of anilines is 1. The maximum absolute atomic E-state index is 13.7. The first kappa shape index (κ1) is 31.3. The van der Waals surface area contributed by atoms with Gasteiger partial charge in [0.25, 0.3) is 0 Å². The van der Waals surface area contributed by atoms with Crippen molar-refractivity contribution in [1.82, 2.24) is 4.90 Å². The van der Waals surface area contributed by atoms with Gasteiger partial charge in [-0.3, -0.25) is 9.80 Å². The first-order valence-corrected chi connectivity index (χ1v) is 12.8. The number of carbonyl (C=O) groups is 2. The molecule has 0 spiro atoms. The highest BCUT2D eigenvalue weighted by Crippen LogP contribution is 2.50. The van der Waals surface area contributed by atoms with E-state index >= 15 is 0 Å². The Kier molecular flexibility index (Phi) is 8.35. The summed E-state index contributed by atoms with van der Waals surface area (Å²) in [5.74, 6) is -0.128. The van der Waals surface area contributed by atoms with E-state index in [9.17, 15) is 49.1 Å². The maximum Gasteiger partial charge on any atom is 0.416 e. The van der Waals surface area contributed by atoms with Crippen LogP contribution in [0.2, 0.25) is 0 Å². The zero-order chi connectivity index (χ0) is 31.2. The van der Waals surface area contributed by atoms with Crippen LogP contribution in [-0.2, 0) is 34.5 Å². The minimum Gasteiger partial charge on any atom is -0.453 e. The summed E-state index contributed by atoms with van der Waals surface area (Å²) in [5.41, 5.74) is -5.17. The highest BCUT2D eigenvalue weighted by Gasteiger charge is 2.48. The van der Waals surface area contributed by atoms with E-state index in [0.29, 0.717) is 31.0 Å². The summed E-state index contributed by atoms with van der Waals surface area (Å²) in [6.45, 7) is 0.627. The van der Waals surface area contributed by atoms with Gasteiger partial charge in [0.15, 0.2) is 0 Å². The Morgan fingerprint density at radius 3 is 1.93 bits per heavy atom. The van der Waals surface area contributed by atoms with Crippen molar-refractivity contribution in [3.63, 3.8) is 0 Å². The Bertz CT molecular complexity index is 1300. The van der Waals surface area contributed by atoms with Crippen LogP contribution in [0.4, 0.5) is 54.8 Å². The van der Waals surface area contributed by atoms with E-state index in [4.69, 9.17) is 9.47 Å². The van der Waals surface area contributed by atoms with Gasteiger partial charge in [-0.1, -0.05) is 0 Å². The third-order valence-corrected chi connectivity index (χ3v) is 7.19. The lowest BCUT2D eigenvalue weighted by Crippen LogP contribution is -2.50. The largest absolute Gasteiger partial charge is 0.453 e. The van der Waals surface area contributed by atoms with Crippen LogP contribution in [-0.4, -0.2) is 36.8 Å². The van der Waals surface area contributed by atoms with Crippen molar-refractivity contribution in [1.29, 1.82) is 0 Å². The molecule has 2 aliphatic rings. The molecule has 4 rings (SSSR count). The molecule has 1 saturated carbocycles. The predicted molar refractivity (Wildman–Crippen MR) is 129 cm³/mol. The number of carbonyl (C=O) groups excluding carboxylic acids is 2. The van der Waals surface area contributed by atoms with Crippen LogP contribution >= 0.6 is 0 Å². The number of halogens is 9. The summed E-state index contributed by atoms with van der Waals surface area (Å²) in [7, 11) is 0.918. The molecule has 1 aliphatic heterocycles. The molecule has 0 saturated heterocycles. The molecule has 42 heavy (non-hydrogen) atoms. The van der Waals surface area contributed by atoms with Crippen LogP contribution in [0.15, 0.2) is 36.4 Å². The summed E-state index contributed by atoms with van der Waals surface area (Å²) < 4.78 is 132. The molecule has 0 unspecified atom stereocenters. The van der Waals surface area contributed by atoms with Gasteiger partial charge >= 0.3 is 30.7 Å². The number of methoxy groups -OCH3 is 1. The van der Waals surface area contributed by atoms with Gasteiger partial charge in [0.05, 0.1) is 42.1 Å². The van der Waals surface area contributed by atoms with E-state index in [-0.39, 0.29) is 36.3 Å². The molecule has 0 N–H and O–H groups in total. The number of rotatable bonds is 5. The molecule has 2 amide bonds. The Balaban J connectivity index is 1.88. The van der Waals surface area contributed by atoms with Gasteiger partial charge in [-0.25, -0.2) is 9.59 Å². The Morgan fingerprint density at radius 1 is 0.881 bits per heavy atom. The van der Waals surface area contributed by atoms with Gasteiger partial charge in [-0.2, -0.15) is 39.5 Å². The molecule has 0 aromatic heterocycles. The van der Waals surface area contributed by atoms with E-state index in [1.54, 1.807) is 0 Å². The number of ether oxygens (including phenoxy) is 2. The third-order valence-electron chi connectivity index (χ3n) is 7.19. The molecule has 0 radical (unpaired) electrons. The lowest BCUT2D eigenvalue weighted by atomic mass is 9.86. The number of benzene rings is 2. The molecule has 1 heterocycles. The second-order valence-corrected chi connectivity index (χ2v) is 10.0. The molecule has 2 atom stereocenters. The Hall–Kier alpha value is -3.65. The lowest BCUT2D eigenvalue weighted by Gasteiger charge is -2.44. The van der Waals surface area contributed by atoms with Gasteiger partial charge in [-0.05, 0) is 79.6 Å². The fraction of sp³-hybridized carbons (Fsp3) is 0.481. The number of nitrogens with zero attached hydrogens (tertiary/aromatic N) is 2. The van der Waals surface area contributed by atoms with E-state index in [1.165, 1.54) is 11.8 Å². The van der Waals surface area contributed by atoms with Crippen molar-refractivity contribution in [2.75, 3.05) is 18.6 Å². The Labute approximate surface area is 234 Å². The minimum absolute atomic E-state index is 0.0245. The van der Waals surface area contributed by atoms with Crippen LogP contribution in [0.25, 0.3) is 0 Å². The summed E-state index contributed by atoms with van der Waals surface area (Å²) in [5, 5.41) is 0. The standard InChI is InChI=1S/C27H25F9N2O4/c1-3-42-24(40)38-20-7-6-16(25(28,29)30)11-19(20)22(12-21(38)15-4-5-15)37(23(39)41-2)13-14-8-17(26(31,32)33)10-18(9-14)27(34,35)36/h6-11,15,21-22H,3-5,12-13H2,1-2H3/t21-,22-/m0/s1. The molecule has 15 heteroatoms. The number of hydrogen-bond donors (Lipinski definition) is 0. The van der Waals surface area contributed by atoms with Gasteiger partial charge in [0.2, 0.25) is 0 Å². The summed E-state index contributed by atoms with van der Waals surface area (Å²) in [6.07, 6.45) is -16.1. The fourth-order valence-electron chi connectivity index (χ4n) is 5.19. The zero-order valence-corrected chi connectivity index (χ0v) is 22.2. The average molecular weight is 612 g/mol. The molecular formula is C27H25F9N2O4. The first-order valence-electron chi connectivity index (χ1n) is 12.8. The highest BCUT2D eigenvalue weighted by atomic mass is 19.4. The number of fused-ring (bicyclic) bond motifs is 1. The number of alkyl halides is 9. The molecule has 2 aromatic rings. The second-order valence-electron chi connectivity index (χ2n) is 10.0. The third kappa shape index (κ3) is 6.54. The van der Waals surface area contributed by atoms with E-state index < -0.39 is 71.6 Å². The molecule has 0 bridgehead atoms. The number of amides is 2. The molecule has 230 valence electrons. The summed E-state index contributed by atoms with van der Waals surface area (Å²) in [6, 6.07) is 1.29. The summed E-state index contributed by atoms with van der Waals surface area (Å²) >= 11 is 0. The minimum atomic E-state index is -5.16. The normalized spacial score (nSPS) is 19.3. The highest BCUT2D eigenvalue weighted by molar-refractivity contribution is 5.91. The Morgan fingerprint density at radius 2 is 1.45 bits per heavy atom. The monoisotopic (exact) mass is 612 g/mol. The quantitative estimate of drug-likeness (QED) is 0.320. The van der Waals surface area contributed by atoms with Crippen molar-refractivity contribution in [3.05, 3.63) is 64.2 Å².